The zero-order valence-electron chi connectivity index (χ0n) is 21.5. The summed E-state index contributed by atoms with van der Waals surface area (Å²) in [5.41, 5.74) is 3.28. The number of carbonyl (C=O) groups excluding carboxylic acids is 3. The predicted molar refractivity (Wildman–Crippen MR) is 151 cm³/mol. The highest BCUT2D eigenvalue weighted by molar-refractivity contribution is 8.24. The molecule has 1 atom stereocenters. The Morgan fingerprint density at radius 1 is 1.11 bits per heavy atom. The second kappa shape index (κ2) is 13.0. The minimum atomic E-state index is -0.305. The molecule has 0 aliphatic carbocycles. The summed E-state index contributed by atoms with van der Waals surface area (Å²) in [6, 6.07) is 17.1. The molecule has 9 heteroatoms. The molecular weight excluding hydrogens is 520 g/mol. The Hall–Kier alpha value is -3.30. The first-order chi connectivity index (χ1) is 18.4. The van der Waals surface area contributed by atoms with Crippen LogP contribution in [0.25, 0.3) is 11.5 Å². The van der Waals surface area contributed by atoms with Crippen molar-refractivity contribution in [2.24, 2.45) is 0 Å². The van der Waals surface area contributed by atoms with Gasteiger partial charge in [-0.2, -0.15) is 0 Å². The van der Waals surface area contributed by atoms with Crippen LogP contribution in [0.1, 0.15) is 53.6 Å². The lowest BCUT2D eigenvalue weighted by molar-refractivity contribution is -0.143. The van der Waals surface area contributed by atoms with E-state index in [1.54, 1.807) is 11.8 Å². The van der Waals surface area contributed by atoms with Crippen LogP contribution in [0.2, 0.25) is 0 Å². The van der Waals surface area contributed by atoms with E-state index < -0.39 is 0 Å². The summed E-state index contributed by atoms with van der Waals surface area (Å²) in [4.78, 5) is 43.4. The average molecular weight is 551 g/mol. The van der Waals surface area contributed by atoms with E-state index in [4.69, 9.17) is 21.4 Å². The van der Waals surface area contributed by atoms with Gasteiger partial charge in [0.25, 0.3) is 0 Å². The number of rotatable bonds is 12. The number of amides is 1. The number of hydrogen-bond acceptors (Lipinski definition) is 8. The molecule has 0 bridgehead atoms. The highest BCUT2D eigenvalue weighted by Crippen LogP contribution is 2.30. The molecule has 0 radical (unpaired) electrons. The summed E-state index contributed by atoms with van der Waals surface area (Å²) in [6.07, 6.45) is 2.12. The summed E-state index contributed by atoms with van der Waals surface area (Å²) in [6.45, 7) is 4.38. The molecule has 3 aromatic rings. The third-order valence-electron chi connectivity index (χ3n) is 6.27. The number of oxazole rings is 1. The van der Waals surface area contributed by atoms with Gasteiger partial charge in [0.2, 0.25) is 11.8 Å². The van der Waals surface area contributed by atoms with Crippen molar-refractivity contribution in [3.05, 3.63) is 77.2 Å². The SMILES string of the molecule is CCOC(=O)CCCN1C(=O)C(Cc2ccc(C(=O)CCc3nc(-c4ccccc4)oc3C)cc2)SC1=S. The first-order valence-corrected chi connectivity index (χ1v) is 14.0. The molecule has 1 amide bonds. The number of aryl methyl sites for hydroxylation is 2. The average Bonchev–Trinajstić information content (AvgIpc) is 3.42. The van der Waals surface area contributed by atoms with Gasteiger partial charge in [0.1, 0.15) is 10.1 Å². The molecule has 1 aromatic heterocycles. The number of carbonyl (C=O) groups is 3. The predicted octanol–water partition coefficient (Wildman–Crippen LogP) is 5.58. The van der Waals surface area contributed by atoms with Crippen LogP contribution in [0, 0.1) is 6.92 Å². The normalized spacial score (nSPS) is 15.2. The monoisotopic (exact) mass is 550 g/mol. The van der Waals surface area contributed by atoms with Crippen LogP contribution in [0.3, 0.4) is 0 Å². The van der Waals surface area contributed by atoms with Crippen LogP contribution in [-0.4, -0.2) is 50.3 Å². The zero-order chi connectivity index (χ0) is 27.1. The number of ether oxygens (including phenoxy) is 1. The molecule has 2 aromatic carbocycles. The summed E-state index contributed by atoms with van der Waals surface area (Å²) >= 11 is 6.77. The van der Waals surface area contributed by atoms with Crippen molar-refractivity contribution < 1.29 is 23.5 Å². The van der Waals surface area contributed by atoms with Crippen LogP contribution in [-0.2, 0) is 27.2 Å². The molecule has 198 valence electrons. The summed E-state index contributed by atoms with van der Waals surface area (Å²) in [7, 11) is 0. The maximum atomic E-state index is 12.9. The van der Waals surface area contributed by atoms with E-state index in [1.165, 1.54) is 11.8 Å². The number of esters is 1. The quantitative estimate of drug-likeness (QED) is 0.164. The fraction of sp³-hybridized carbons (Fsp3) is 0.345. The number of aromatic nitrogens is 1. The van der Waals surface area contributed by atoms with E-state index in [1.807, 2.05) is 61.5 Å². The molecule has 1 aliphatic heterocycles. The molecule has 1 fully saturated rings. The molecule has 0 saturated carbocycles. The van der Waals surface area contributed by atoms with Crippen molar-refractivity contribution in [1.29, 1.82) is 0 Å². The van der Waals surface area contributed by atoms with Gasteiger partial charge in [-0.05, 0) is 44.4 Å². The maximum absolute atomic E-state index is 12.9. The van der Waals surface area contributed by atoms with E-state index in [0.717, 1.165) is 22.6 Å². The Kier molecular flexibility index (Phi) is 9.47. The fourth-order valence-corrected chi connectivity index (χ4v) is 5.81. The molecule has 1 unspecified atom stereocenters. The van der Waals surface area contributed by atoms with E-state index in [9.17, 15) is 14.4 Å². The van der Waals surface area contributed by atoms with Crippen molar-refractivity contribution in [3.63, 3.8) is 0 Å². The summed E-state index contributed by atoms with van der Waals surface area (Å²) in [5.74, 6) is 1.00. The Labute approximate surface area is 232 Å². The van der Waals surface area contributed by atoms with Crippen molar-refractivity contribution >= 4 is 46.0 Å². The Bertz CT molecular complexity index is 1300. The number of thioether (sulfide) groups is 1. The van der Waals surface area contributed by atoms with Crippen molar-refractivity contribution in [2.75, 3.05) is 13.2 Å². The molecule has 1 saturated heterocycles. The number of hydrogen-bond donors (Lipinski definition) is 0. The molecule has 38 heavy (non-hydrogen) atoms. The van der Waals surface area contributed by atoms with Crippen molar-refractivity contribution in [1.82, 2.24) is 9.88 Å². The molecular formula is C29H30N2O5S2. The van der Waals surface area contributed by atoms with Gasteiger partial charge in [0.15, 0.2) is 5.78 Å². The molecule has 0 spiro atoms. The number of thiocarbonyl (C=S) groups is 1. The van der Waals surface area contributed by atoms with Crippen LogP contribution in [0.5, 0.6) is 0 Å². The van der Waals surface area contributed by atoms with Gasteiger partial charge in [-0.3, -0.25) is 19.3 Å². The van der Waals surface area contributed by atoms with Crippen molar-refractivity contribution in [2.45, 2.75) is 51.2 Å². The van der Waals surface area contributed by atoms with Crippen LogP contribution >= 0.6 is 24.0 Å². The largest absolute Gasteiger partial charge is 0.466 e. The van der Waals surface area contributed by atoms with Gasteiger partial charge in [-0.1, -0.05) is 66.4 Å². The Morgan fingerprint density at radius 2 is 1.84 bits per heavy atom. The molecule has 4 rings (SSSR count). The van der Waals surface area contributed by atoms with Crippen LogP contribution < -0.4 is 0 Å². The topological polar surface area (TPSA) is 89.7 Å². The summed E-state index contributed by atoms with van der Waals surface area (Å²) in [5, 5.41) is -0.305. The maximum Gasteiger partial charge on any atom is 0.305 e. The van der Waals surface area contributed by atoms with E-state index in [0.29, 0.717) is 54.6 Å². The zero-order valence-corrected chi connectivity index (χ0v) is 23.1. The van der Waals surface area contributed by atoms with Gasteiger partial charge in [0, 0.05) is 36.9 Å². The van der Waals surface area contributed by atoms with Gasteiger partial charge in [-0.15, -0.1) is 0 Å². The molecule has 7 nitrogen and oxygen atoms in total. The molecule has 0 N–H and O–H groups in total. The number of benzene rings is 2. The highest BCUT2D eigenvalue weighted by Gasteiger charge is 2.36. The highest BCUT2D eigenvalue weighted by atomic mass is 32.2. The first kappa shape index (κ1) is 27.7. The Morgan fingerprint density at radius 3 is 2.55 bits per heavy atom. The minimum absolute atomic E-state index is 0.0282. The second-order valence-corrected chi connectivity index (χ2v) is 10.8. The lowest BCUT2D eigenvalue weighted by Gasteiger charge is -2.15. The van der Waals surface area contributed by atoms with Gasteiger partial charge in [-0.25, -0.2) is 4.98 Å². The van der Waals surface area contributed by atoms with Crippen LogP contribution in [0.4, 0.5) is 0 Å². The molecule has 2 heterocycles. The lowest BCUT2D eigenvalue weighted by Crippen LogP contribution is -2.33. The van der Waals surface area contributed by atoms with E-state index >= 15 is 0 Å². The van der Waals surface area contributed by atoms with Gasteiger partial charge >= 0.3 is 5.97 Å². The Balaban J connectivity index is 1.28. The van der Waals surface area contributed by atoms with Gasteiger partial charge < -0.3 is 9.15 Å². The van der Waals surface area contributed by atoms with Crippen molar-refractivity contribution in [3.8, 4) is 11.5 Å². The molecule has 1 aliphatic rings. The van der Waals surface area contributed by atoms with E-state index in [-0.39, 0.29) is 29.3 Å². The second-order valence-electron chi connectivity index (χ2n) is 8.98. The fourth-order valence-electron chi connectivity index (χ4n) is 4.23. The number of ketones is 1. The summed E-state index contributed by atoms with van der Waals surface area (Å²) < 4.78 is 11.3. The first-order valence-electron chi connectivity index (χ1n) is 12.7. The minimum Gasteiger partial charge on any atom is -0.466 e. The number of Topliss-reactive ketones (excluding diaryl/α,β-unsaturated/α-hetero) is 1. The lowest BCUT2D eigenvalue weighted by atomic mass is 10.0. The number of nitrogens with zero attached hydrogens (tertiary/aromatic N) is 2. The van der Waals surface area contributed by atoms with Gasteiger partial charge in [0.05, 0.1) is 17.6 Å². The van der Waals surface area contributed by atoms with Crippen LogP contribution in [0.15, 0.2) is 59.0 Å². The smallest absolute Gasteiger partial charge is 0.305 e. The third-order valence-corrected chi connectivity index (χ3v) is 7.86. The third kappa shape index (κ3) is 6.96. The standard InChI is InChI=1S/C29H30N2O5S2/c1-3-35-26(33)10-7-17-31-28(34)25(38-29(31)37)18-20-11-13-21(14-12-20)24(32)16-15-23-19(2)36-27(30-23)22-8-5-4-6-9-22/h4-6,8-9,11-14,25H,3,7,10,15-18H2,1-2H3. The van der Waals surface area contributed by atoms with E-state index in [2.05, 4.69) is 4.98 Å².